The van der Waals surface area contributed by atoms with Crippen LogP contribution in [0.4, 0.5) is 14.9 Å². The molecule has 160 valence electrons. The maximum atomic E-state index is 14.3. The molecule has 3 rings (SSSR count). The molecule has 1 aliphatic rings. The van der Waals surface area contributed by atoms with E-state index in [2.05, 4.69) is 5.32 Å². The van der Waals surface area contributed by atoms with E-state index in [0.717, 1.165) is 5.56 Å². The molecule has 6 nitrogen and oxygen atoms in total. The molecule has 2 aromatic rings. The second kappa shape index (κ2) is 9.15. The van der Waals surface area contributed by atoms with Gasteiger partial charge in [-0.3, -0.25) is 4.79 Å². The van der Waals surface area contributed by atoms with Crippen LogP contribution in [0, 0.1) is 0 Å². The summed E-state index contributed by atoms with van der Waals surface area (Å²) in [5, 5.41) is 2.78. The minimum Gasteiger partial charge on any atom is -0.488 e. The zero-order valence-corrected chi connectivity index (χ0v) is 17.4. The van der Waals surface area contributed by atoms with Gasteiger partial charge in [0.05, 0.1) is 24.7 Å². The molecule has 0 saturated heterocycles. The number of ether oxygens (including phenoxy) is 2. The number of nitrogens with zero attached hydrogens (tertiary/aromatic N) is 1. The van der Waals surface area contributed by atoms with Gasteiger partial charge < -0.3 is 19.7 Å². The SMILES string of the molecule is CC(C)(C)OC(=O)N[C@@H](CC(=O)N1CC(F)COc2ccccc21)c1ccccc1. The van der Waals surface area contributed by atoms with Crippen LogP contribution in [0.1, 0.15) is 38.8 Å². The summed E-state index contributed by atoms with van der Waals surface area (Å²) in [7, 11) is 0. The number of carbonyl (C=O) groups is 2. The number of hydrogen-bond acceptors (Lipinski definition) is 4. The van der Waals surface area contributed by atoms with Crippen molar-refractivity contribution in [2.24, 2.45) is 0 Å². The van der Waals surface area contributed by atoms with Crippen LogP contribution in [0.25, 0.3) is 0 Å². The largest absolute Gasteiger partial charge is 0.488 e. The number of alkyl halides is 1. The molecular formula is C23H27FN2O4. The number of nitrogens with one attached hydrogen (secondary N) is 1. The highest BCUT2D eigenvalue weighted by Gasteiger charge is 2.30. The number of anilines is 1. The van der Waals surface area contributed by atoms with Gasteiger partial charge in [-0.2, -0.15) is 0 Å². The average Bonchev–Trinajstić information content (AvgIpc) is 2.86. The minimum absolute atomic E-state index is 0.0513. The fourth-order valence-electron chi connectivity index (χ4n) is 3.24. The topological polar surface area (TPSA) is 67.9 Å². The number of carbonyl (C=O) groups excluding carboxylic acids is 2. The molecule has 1 heterocycles. The minimum atomic E-state index is -1.31. The molecule has 0 saturated carbocycles. The predicted molar refractivity (Wildman–Crippen MR) is 112 cm³/mol. The highest BCUT2D eigenvalue weighted by Crippen LogP contribution is 2.32. The van der Waals surface area contributed by atoms with Crippen LogP contribution in [0.15, 0.2) is 54.6 Å². The summed E-state index contributed by atoms with van der Waals surface area (Å²) in [6.07, 6.45) is -1.98. The van der Waals surface area contributed by atoms with Gasteiger partial charge in [0.1, 0.15) is 18.0 Å². The molecule has 2 amide bonds. The molecule has 2 aromatic carbocycles. The van der Waals surface area contributed by atoms with Crippen molar-refractivity contribution in [3.63, 3.8) is 0 Å². The molecule has 30 heavy (non-hydrogen) atoms. The molecule has 0 radical (unpaired) electrons. The summed E-state index contributed by atoms with van der Waals surface area (Å²) < 4.78 is 25.1. The molecular weight excluding hydrogens is 387 g/mol. The van der Waals surface area contributed by atoms with Crippen molar-refractivity contribution >= 4 is 17.7 Å². The third-order valence-electron chi connectivity index (χ3n) is 4.53. The van der Waals surface area contributed by atoms with Gasteiger partial charge in [0.15, 0.2) is 6.17 Å². The number of rotatable bonds is 4. The van der Waals surface area contributed by atoms with Crippen molar-refractivity contribution in [1.82, 2.24) is 5.32 Å². The molecule has 1 unspecified atom stereocenters. The Hall–Kier alpha value is -3.09. The fourth-order valence-corrected chi connectivity index (χ4v) is 3.24. The lowest BCUT2D eigenvalue weighted by molar-refractivity contribution is -0.119. The van der Waals surface area contributed by atoms with Crippen molar-refractivity contribution in [3.05, 3.63) is 60.2 Å². The lowest BCUT2D eigenvalue weighted by Gasteiger charge is -2.27. The first-order chi connectivity index (χ1) is 14.2. The summed E-state index contributed by atoms with van der Waals surface area (Å²) in [6.45, 7) is 5.09. The van der Waals surface area contributed by atoms with E-state index in [0.29, 0.717) is 11.4 Å². The van der Waals surface area contributed by atoms with Gasteiger partial charge in [0, 0.05) is 0 Å². The van der Waals surface area contributed by atoms with E-state index < -0.39 is 23.9 Å². The van der Waals surface area contributed by atoms with Crippen LogP contribution in [-0.2, 0) is 9.53 Å². The number of amides is 2. The monoisotopic (exact) mass is 414 g/mol. The van der Waals surface area contributed by atoms with Gasteiger partial charge >= 0.3 is 6.09 Å². The maximum absolute atomic E-state index is 14.3. The van der Waals surface area contributed by atoms with Crippen LogP contribution in [0.2, 0.25) is 0 Å². The summed E-state index contributed by atoms with van der Waals surface area (Å²) >= 11 is 0. The van der Waals surface area contributed by atoms with Crippen LogP contribution >= 0.6 is 0 Å². The van der Waals surface area contributed by atoms with E-state index in [1.54, 1.807) is 45.0 Å². The number of halogens is 1. The molecule has 2 atom stereocenters. The Labute approximate surface area is 176 Å². The standard InChI is InChI=1S/C23H27FN2O4/c1-23(2,3)30-22(28)25-18(16-9-5-4-6-10-16)13-21(27)26-14-17(24)15-29-20-12-8-7-11-19(20)26/h4-12,17-18H,13-15H2,1-3H3,(H,25,28)/t17?,18-/m0/s1. The van der Waals surface area contributed by atoms with E-state index in [1.165, 1.54) is 4.90 Å². The Morgan fingerprint density at radius 3 is 2.53 bits per heavy atom. The molecule has 0 spiro atoms. The van der Waals surface area contributed by atoms with Gasteiger partial charge in [-0.25, -0.2) is 9.18 Å². The van der Waals surface area contributed by atoms with Crippen LogP contribution in [0.5, 0.6) is 5.75 Å². The maximum Gasteiger partial charge on any atom is 0.408 e. The number of fused-ring (bicyclic) bond motifs is 1. The number of hydrogen-bond donors (Lipinski definition) is 1. The van der Waals surface area contributed by atoms with E-state index >= 15 is 0 Å². The van der Waals surface area contributed by atoms with Gasteiger partial charge in [0.2, 0.25) is 5.91 Å². The van der Waals surface area contributed by atoms with E-state index in [4.69, 9.17) is 9.47 Å². The molecule has 0 fully saturated rings. The van der Waals surface area contributed by atoms with Crippen LogP contribution in [-0.4, -0.2) is 36.9 Å². The van der Waals surface area contributed by atoms with Gasteiger partial charge in [0.25, 0.3) is 0 Å². The van der Waals surface area contributed by atoms with Crippen molar-refractivity contribution in [1.29, 1.82) is 0 Å². The van der Waals surface area contributed by atoms with E-state index in [-0.39, 0.29) is 25.5 Å². The van der Waals surface area contributed by atoms with Gasteiger partial charge in [-0.1, -0.05) is 42.5 Å². The molecule has 7 heteroatoms. The second-order valence-corrected chi connectivity index (χ2v) is 8.19. The Balaban J connectivity index is 1.83. The van der Waals surface area contributed by atoms with E-state index in [9.17, 15) is 14.0 Å². The molecule has 1 N–H and O–H groups in total. The number of para-hydroxylation sites is 2. The second-order valence-electron chi connectivity index (χ2n) is 8.19. The smallest absolute Gasteiger partial charge is 0.408 e. The van der Waals surface area contributed by atoms with Crippen molar-refractivity contribution in [2.45, 2.75) is 45.0 Å². The molecule has 0 aliphatic carbocycles. The molecule has 0 aromatic heterocycles. The Bertz CT molecular complexity index is 882. The van der Waals surface area contributed by atoms with Crippen molar-refractivity contribution in [2.75, 3.05) is 18.1 Å². The first-order valence-electron chi connectivity index (χ1n) is 9.93. The Morgan fingerprint density at radius 2 is 1.83 bits per heavy atom. The highest BCUT2D eigenvalue weighted by atomic mass is 19.1. The molecule has 1 aliphatic heterocycles. The van der Waals surface area contributed by atoms with Crippen LogP contribution in [0.3, 0.4) is 0 Å². The first-order valence-corrected chi connectivity index (χ1v) is 9.93. The normalized spacial score (nSPS) is 17.2. The lowest BCUT2D eigenvalue weighted by Crippen LogP contribution is -2.40. The van der Waals surface area contributed by atoms with Crippen LogP contribution < -0.4 is 15.0 Å². The highest BCUT2D eigenvalue weighted by molar-refractivity contribution is 5.95. The summed E-state index contributed by atoms with van der Waals surface area (Å²) in [5.41, 5.74) is 0.609. The number of benzene rings is 2. The average molecular weight is 414 g/mol. The lowest BCUT2D eigenvalue weighted by atomic mass is 10.0. The van der Waals surface area contributed by atoms with Crippen molar-refractivity contribution < 1.29 is 23.5 Å². The van der Waals surface area contributed by atoms with E-state index in [1.807, 2.05) is 30.3 Å². The van der Waals surface area contributed by atoms with Crippen molar-refractivity contribution in [3.8, 4) is 5.75 Å². The third-order valence-corrected chi connectivity index (χ3v) is 4.53. The Morgan fingerprint density at radius 1 is 1.17 bits per heavy atom. The zero-order valence-electron chi connectivity index (χ0n) is 17.4. The summed E-state index contributed by atoms with van der Waals surface area (Å²) in [4.78, 5) is 27.0. The van der Waals surface area contributed by atoms with Gasteiger partial charge in [-0.15, -0.1) is 0 Å². The summed E-state index contributed by atoms with van der Waals surface area (Å²) in [5.74, 6) is 0.142. The zero-order chi connectivity index (χ0) is 21.7. The van der Waals surface area contributed by atoms with Gasteiger partial charge in [-0.05, 0) is 38.5 Å². The first kappa shape index (κ1) is 21.6. The quantitative estimate of drug-likeness (QED) is 0.805. The fraction of sp³-hybridized carbons (Fsp3) is 0.391. The Kier molecular flexibility index (Phi) is 6.59. The predicted octanol–water partition coefficient (Wildman–Crippen LogP) is 4.41. The summed E-state index contributed by atoms with van der Waals surface area (Å²) in [6, 6.07) is 15.5. The third kappa shape index (κ3) is 5.72. The molecule has 0 bridgehead atoms. The number of alkyl carbamates (subject to hydrolysis) is 1.